The summed E-state index contributed by atoms with van der Waals surface area (Å²) in [5.74, 6) is -0.704. The molecule has 0 fully saturated rings. The first kappa shape index (κ1) is 15.8. The average molecular weight is 306 g/mol. The van der Waals surface area contributed by atoms with E-state index >= 15 is 0 Å². The van der Waals surface area contributed by atoms with Crippen LogP contribution in [-0.4, -0.2) is 23.4 Å². The number of halogens is 2. The lowest BCUT2D eigenvalue weighted by Crippen LogP contribution is -2.34. The van der Waals surface area contributed by atoms with Gasteiger partial charge in [0.15, 0.2) is 5.75 Å². The number of benzene rings is 1. The highest BCUT2D eigenvalue weighted by Gasteiger charge is 2.13. The van der Waals surface area contributed by atoms with Gasteiger partial charge in [-0.25, -0.2) is 0 Å². The highest BCUT2D eigenvalue weighted by atomic mass is 35.5. The highest BCUT2D eigenvalue weighted by Crippen LogP contribution is 2.33. The number of carboxylic acid groups (broad SMARTS) is 1. The minimum atomic E-state index is -0.981. The van der Waals surface area contributed by atoms with Crippen LogP contribution in [0.15, 0.2) is 12.1 Å². The molecule has 0 aliphatic heterocycles. The molecule has 0 saturated carbocycles. The second kappa shape index (κ2) is 7.33. The second-order valence-corrected chi connectivity index (χ2v) is 4.66. The van der Waals surface area contributed by atoms with Gasteiger partial charge >= 0.3 is 5.97 Å². The van der Waals surface area contributed by atoms with Crippen molar-refractivity contribution in [1.82, 2.24) is 5.48 Å². The van der Waals surface area contributed by atoms with E-state index in [4.69, 9.17) is 33.1 Å². The Morgan fingerprint density at radius 2 is 2.16 bits per heavy atom. The Morgan fingerprint density at radius 3 is 2.74 bits per heavy atom. The largest absolute Gasteiger partial charge is 0.481 e. The van der Waals surface area contributed by atoms with E-state index in [1.54, 1.807) is 19.1 Å². The molecule has 0 aromatic heterocycles. The molecule has 1 atom stereocenters. The molecule has 0 unspecified atom stereocenters. The van der Waals surface area contributed by atoms with Crippen LogP contribution in [0.1, 0.15) is 18.4 Å². The normalized spacial score (nSPS) is 11.9. The molecule has 0 radical (unpaired) electrons. The van der Waals surface area contributed by atoms with Crippen molar-refractivity contribution in [3.05, 3.63) is 27.7 Å². The number of hydrogen-bond donors (Lipinski definition) is 2. The van der Waals surface area contributed by atoms with Crippen LogP contribution in [0.2, 0.25) is 10.0 Å². The van der Waals surface area contributed by atoms with Crippen molar-refractivity contribution in [2.75, 3.05) is 0 Å². The summed E-state index contributed by atoms with van der Waals surface area (Å²) >= 11 is 11.9. The lowest BCUT2D eigenvalue weighted by molar-refractivity contribution is -0.137. The number of carbonyl (C=O) groups is 2. The summed E-state index contributed by atoms with van der Waals surface area (Å²) in [6, 6.07) is 2.60. The van der Waals surface area contributed by atoms with Gasteiger partial charge in [-0.15, -0.1) is 5.48 Å². The quantitative estimate of drug-likeness (QED) is 0.598. The monoisotopic (exact) mass is 305 g/mol. The topological polar surface area (TPSA) is 75.6 Å². The smallest absolute Gasteiger partial charge is 0.303 e. The van der Waals surface area contributed by atoms with Gasteiger partial charge in [-0.3, -0.25) is 4.79 Å². The predicted octanol–water partition coefficient (Wildman–Crippen LogP) is 2.62. The number of aryl methyl sites for hydroxylation is 1. The van der Waals surface area contributed by atoms with Crippen molar-refractivity contribution in [1.29, 1.82) is 0 Å². The number of aliphatic carboxylic acids is 1. The molecule has 0 aliphatic carbocycles. The van der Waals surface area contributed by atoms with Crippen LogP contribution in [0.5, 0.6) is 5.75 Å². The van der Waals surface area contributed by atoms with Gasteiger partial charge in [0.2, 0.25) is 0 Å². The fourth-order valence-electron chi connectivity index (χ4n) is 1.28. The van der Waals surface area contributed by atoms with Crippen LogP contribution in [0.25, 0.3) is 0 Å². The minimum absolute atomic E-state index is 0.121. The van der Waals surface area contributed by atoms with Gasteiger partial charge in [-0.05, 0) is 25.0 Å². The van der Waals surface area contributed by atoms with Crippen molar-refractivity contribution in [3.63, 3.8) is 0 Å². The van der Waals surface area contributed by atoms with Crippen LogP contribution in [-0.2, 0) is 9.59 Å². The lowest BCUT2D eigenvalue weighted by atomic mass is 10.2. The first-order valence-electron chi connectivity index (χ1n) is 5.49. The molecule has 1 aromatic carbocycles. The molecule has 0 heterocycles. The summed E-state index contributed by atoms with van der Waals surface area (Å²) in [7, 11) is 0. The molecule has 0 aliphatic rings. The Morgan fingerprint density at radius 1 is 1.47 bits per heavy atom. The zero-order valence-corrected chi connectivity index (χ0v) is 11.7. The maximum atomic E-state index is 10.8. The first-order valence-corrected chi connectivity index (χ1v) is 6.25. The van der Waals surface area contributed by atoms with Crippen molar-refractivity contribution < 1.29 is 19.5 Å². The standard InChI is InChI=1S/C12H13Cl2NO4/c1-7-2-4-9(12(14)11(7)13)19-15-8(6-16)3-5-10(17)18/h2,4,6,8,15H,3,5H2,1H3,(H,17,18)/t8-/m0/s1. The Kier molecular flexibility index (Phi) is 6.08. The van der Waals surface area contributed by atoms with Crippen LogP contribution < -0.4 is 10.3 Å². The van der Waals surface area contributed by atoms with E-state index in [0.29, 0.717) is 11.3 Å². The average Bonchev–Trinajstić information content (AvgIpc) is 2.38. The van der Waals surface area contributed by atoms with Crippen LogP contribution in [0.3, 0.4) is 0 Å². The highest BCUT2D eigenvalue weighted by molar-refractivity contribution is 6.43. The van der Waals surface area contributed by atoms with Gasteiger partial charge in [0.1, 0.15) is 11.3 Å². The number of carbonyl (C=O) groups excluding carboxylic acids is 1. The number of hydrogen-bond acceptors (Lipinski definition) is 4. The van der Waals surface area contributed by atoms with Crippen molar-refractivity contribution >= 4 is 35.5 Å². The van der Waals surface area contributed by atoms with Crippen LogP contribution >= 0.6 is 23.2 Å². The van der Waals surface area contributed by atoms with Crippen LogP contribution in [0.4, 0.5) is 0 Å². The van der Waals surface area contributed by atoms with Gasteiger partial charge in [0.25, 0.3) is 0 Å². The number of rotatable bonds is 7. The Bertz CT molecular complexity index is 479. The Balaban J connectivity index is 2.62. The predicted molar refractivity (Wildman–Crippen MR) is 71.7 cm³/mol. The van der Waals surface area contributed by atoms with Gasteiger partial charge in [-0.2, -0.15) is 0 Å². The molecule has 1 rings (SSSR count). The van der Waals surface area contributed by atoms with Gasteiger partial charge in [0.05, 0.1) is 11.1 Å². The van der Waals surface area contributed by atoms with Gasteiger partial charge in [-0.1, -0.05) is 29.3 Å². The molecule has 1 aromatic rings. The molecule has 0 amide bonds. The van der Waals surface area contributed by atoms with Gasteiger partial charge < -0.3 is 14.7 Å². The van der Waals surface area contributed by atoms with E-state index in [-0.39, 0.29) is 23.6 Å². The molecule has 5 nitrogen and oxygen atoms in total. The fourth-order valence-corrected chi connectivity index (χ4v) is 1.69. The van der Waals surface area contributed by atoms with E-state index in [1.165, 1.54) is 0 Å². The molecule has 104 valence electrons. The third-order valence-corrected chi connectivity index (χ3v) is 3.35. The van der Waals surface area contributed by atoms with Crippen molar-refractivity contribution in [3.8, 4) is 5.75 Å². The van der Waals surface area contributed by atoms with Crippen molar-refractivity contribution in [2.45, 2.75) is 25.8 Å². The molecule has 7 heteroatoms. The molecule has 0 bridgehead atoms. The summed E-state index contributed by atoms with van der Waals surface area (Å²) in [4.78, 5) is 26.3. The third kappa shape index (κ3) is 4.70. The Hall–Kier alpha value is -1.30. The molecule has 0 spiro atoms. The minimum Gasteiger partial charge on any atom is -0.481 e. The van der Waals surface area contributed by atoms with E-state index in [9.17, 15) is 9.59 Å². The zero-order valence-electron chi connectivity index (χ0n) is 10.2. The molecular weight excluding hydrogens is 293 g/mol. The van der Waals surface area contributed by atoms with Crippen molar-refractivity contribution in [2.24, 2.45) is 0 Å². The molecule has 2 N–H and O–H groups in total. The number of carboxylic acids is 1. The molecule has 0 saturated heterocycles. The molecular formula is C12H13Cl2NO4. The van der Waals surface area contributed by atoms with Crippen LogP contribution in [0, 0.1) is 6.92 Å². The van der Waals surface area contributed by atoms with E-state index in [1.807, 2.05) is 0 Å². The van der Waals surface area contributed by atoms with E-state index in [2.05, 4.69) is 5.48 Å². The number of aldehydes is 1. The summed E-state index contributed by atoms with van der Waals surface area (Å²) in [6.07, 6.45) is 0.560. The van der Waals surface area contributed by atoms with Gasteiger partial charge in [0, 0.05) is 6.42 Å². The third-order valence-electron chi connectivity index (χ3n) is 2.39. The maximum Gasteiger partial charge on any atom is 0.303 e. The first-order chi connectivity index (χ1) is 8.95. The summed E-state index contributed by atoms with van der Waals surface area (Å²) in [5, 5.41) is 9.13. The Labute approximate surface area is 120 Å². The maximum absolute atomic E-state index is 10.8. The fraction of sp³-hybridized carbons (Fsp3) is 0.333. The number of hydroxylamine groups is 1. The zero-order chi connectivity index (χ0) is 14.4. The summed E-state index contributed by atoms with van der Waals surface area (Å²) in [5.41, 5.74) is 3.26. The number of nitrogens with one attached hydrogen (secondary N) is 1. The summed E-state index contributed by atoms with van der Waals surface area (Å²) in [6.45, 7) is 1.80. The summed E-state index contributed by atoms with van der Waals surface area (Å²) < 4.78 is 0. The SMILES string of the molecule is Cc1ccc(ON[C@H](C=O)CCC(=O)O)c(Cl)c1Cl. The van der Waals surface area contributed by atoms with E-state index in [0.717, 1.165) is 5.56 Å². The molecule has 19 heavy (non-hydrogen) atoms. The second-order valence-electron chi connectivity index (χ2n) is 3.90. The van der Waals surface area contributed by atoms with E-state index < -0.39 is 12.0 Å². The lowest BCUT2D eigenvalue weighted by Gasteiger charge is -2.14.